The Labute approximate surface area is 208 Å². The molecule has 0 unspecified atom stereocenters. The third-order valence-electron chi connectivity index (χ3n) is 6.75. The van der Waals surface area contributed by atoms with Crippen LogP contribution in [0.25, 0.3) is 0 Å². The highest BCUT2D eigenvalue weighted by Gasteiger charge is 2.41. The third kappa shape index (κ3) is 3.69. The molecule has 1 N–H and O–H groups in total. The first-order valence-electron chi connectivity index (χ1n) is 11.5. The average Bonchev–Trinajstić information content (AvgIpc) is 3.38. The molecule has 3 aromatic rings. The summed E-state index contributed by atoms with van der Waals surface area (Å²) in [6.07, 6.45) is 2.38. The normalized spacial score (nSPS) is 18.6. The molecule has 0 saturated heterocycles. The van der Waals surface area contributed by atoms with Gasteiger partial charge < -0.3 is 29.0 Å². The number of aromatic nitrogens is 3. The Morgan fingerprint density at radius 3 is 2.22 bits per heavy atom. The van der Waals surface area contributed by atoms with Crippen LogP contribution >= 0.6 is 0 Å². The Kier molecular flexibility index (Phi) is 6.17. The second-order valence-electron chi connectivity index (χ2n) is 8.52. The molecular weight excluding hydrogens is 464 g/mol. The number of ether oxygens (including phenoxy) is 5. The van der Waals surface area contributed by atoms with E-state index in [1.807, 2.05) is 30.3 Å². The fourth-order valence-corrected chi connectivity index (χ4v) is 5.14. The summed E-state index contributed by atoms with van der Waals surface area (Å²) in [6.45, 7) is 0. The van der Waals surface area contributed by atoms with Crippen LogP contribution in [0, 0.1) is 0 Å². The Morgan fingerprint density at radius 2 is 1.58 bits per heavy atom. The summed E-state index contributed by atoms with van der Waals surface area (Å²) in [6, 6.07) is 8.92. The highest BCUT2D eigenvalue weighted by Crippen LogP contribution is 2.49. The van der Waals surface area contributed by atoms with Gasteiger partial charge in [-0.25, -0.2) is 4.68 Å². The number of rotatable bonds is 7. The van der Waals surface area contributed by atoms with Gasteiger partial charge in [0.15, 0.2) is 28.8 Å². The summed E-state index contributed by atoms with van der Waals surface area (Å²) in [5.74, 6) is 3.22. The number of hydrogen-bond acceptors (Lipinski definition) is 9. The number of carbonyl (C=O) groups excluding carboxylic acids is 1. The van der Waals surface area contributed by atoms with E-state index < -0.39 is 6.04 Å². The molecule has 2 aliphatic rings. The number of anilines is 1. The van der Waals surface area contributed by atoms with Crippen LogP contribution in [0.15, 0.2) is 47.9 Å². The van der Waals surface area contributed by atoms with E-state index in [-0.39, 0.29) is 11.7 Å². The number of fused-ring (bicyclic) bond motifs is 1. The highest BCUT2D eigenvalue weighted by molar-refractivity contribution is 6.00. The van der Waals surface area contributed by atoms with Crippen LogP contribution in [0.5, 0.6) is 28.7 Å². The zero-order valence-corrected chi connectivity index (χ0v) is 20.8. The monoisotopic (exact) mass is 492 g/mol. The minimum Gasteiger partial charge on any atom is -0.493 e. The van der Waals surface area contributed by atoms with Gasteiger partial charge in [-0.3, -0.25) is 4.79 Å². The first-order valence-corrected chi connectivity index (χ1v) is 11.5. The summed E-state index contributed by atoms with van der Waals surface area (Å²) in [4.78, 5) is 18.2. The van der Waals surface area contributed by atoms with Gasteiger partial charge in [0.05, 0.1) is 35.5 Å². The quantitative estimate of drug-likeness (QED) is 0.528. The van der Waals surface area contributed by atoms with E-state index in [9.17, 15) is 4.79 Å². The predicted molar refractivity (Wildman–Crippen MR) is 131 cm³/mol. The number of nitrogens with one attached hydrogen (secondary N) is 1. The van der Waals surface area contributed by atoms with Crippen molar-refractivity contribution in [3.63, 3.8) is 0 Å². The van der Waals surface area contributed by atoms with Crippen LogP contribution in [-0.4, -0.2) is 56.1 Å². The summed E-state index contributed by atoms with van der Waals surface area (Å²) in [7, 11) is 7.90. The SMILES string of the molecule is COc1cc([C@@H]2CC(=O)C3=C(C2)Nc2ncnn2[C@@H]3c2cccc(OC)c2OC)cc(OC)c1OC. The molecule has 0 bridgehead atoms. The lowest BCUT2D eigenvalue weighted by atomic mass is 9.77. The number of ketones is 1. The molecule has 2 heterocycles. The van der Waals surface area contributed by atoms with Crippen molar-refractivity contribution in [3.8, 4) is 28.7 Å². The van der Waals surface area contributed by atoms with Crippen LogP contribution < -0.4 is 29.0 Å². The van der Waals surface area contributed by atoms with E-state index in [0.29, 0.717) is 53.1 Å². The van der Waals surface area contributed by atoms with Crippen molar-refractivity contribution in [1.29, 1.82) is 0 Å². The molecule has 1 aliphatic carbocycles. The van der Waals surface area contributed by atoms with Crippen LogP contribution in [0.3, 0.4) is 0 Å². The summed E-state index contributed by atoms with van der Waals surface area (Å²) in [5, 5.41) is 7.77. The number of methoxy groups -OCH3 is 5. The second-order valence-corrected chi connectivity index (χ2v) is 8.52. The second kappa shape index (κ2) is 9.44. The zero-order chi connectivity index (χ0) is 25.4. The molecule has 0 amide bonds. The molecular formula is C26H28N4O6. The first kappa shape index (κ1) is 23.5. The van der Waals surface area contributed by atoms with Gasteiger partial charge in [-0.15, -0.1) is 0 Å². The minimum atomic E-state index is -0.503. The van der Waals surface area contributed by atoms with Crippen molar-refractivity contribution < 1.29 is 28.5 Å². The van der Waals surface area contributed by atoms with Gasteiger partial charge in [0, 0.05) is 23.3 Å². The number of Topliss-reactive ketones (excluding diaryl/α,β-unsaturated/α-hetero) is 1. The molecule has 0 radical (unpaired) electrons. The number of allylic oxidation sites excluding steroid dienone is 2. The van der Waals surface area contributed by atoms with Gasteiger partial charge >= 0.3 is 0 Å². The maximum atomic E-state index is 13.8. The van der Waals surface area contributed by atoms with E-state index >= 15 is 0 Å². The molecule has 1 aliphatic heterocycles. The molecule has 188 valence electrons. The summed E-state index contributed by atoms with van der Waals surface area (Å²) in [5.41, 5.74) is 3.15. The third-order valence-corrected chi connectivity index (χ3v) is 6.75. The van der Waals surface area contributed by atoms with E-state index in [2.05, 4.69) is 15.4 Å². The summed E-state index contributed by atoms with van der Waals surface area (Å²) >= 11 is 0. The Bertz CT molecular complexity index is 1320. The number of hydrogen-bond donors (Lipinski definition) is 1. The number of carbonyl (C=O) groups is 1. The highest BCUT2D eigenvalue weighted by atomic mass is 16.5. The predicted octanol–water partition coefficient (Wildman–Crippen LogP) is 3.74. The number of benzene rings is 2. The van der Waals surface area contributed by atoms with E-state index in [0.717, 1.165) is 16.8 Å². The van der Waals surface area contributed by atoms with E-state index in [1.165, 1.54) is 6.33 Å². The van der Waals surface area contributed by atoms with Gasteiger partial charge in [-0.2, -0.15) is 10.1 Å². The zero-order valence-electron chi connectivity index (χ0n) is 20.8. The maximum absolute atomic E-state index is 13.8. The van der Waals surface area contributed by atoms with Gasteiger partial charge in [-0.05, 0) is 36.1 Å². The average molecular weight is 493 g/mol. The topological polar surface area (TPSA) is 106 Å². The molecule has 10 heteroatoms. The molecule has 5 rings (SSSR count). The molecule has 0 fully saturated rings. The molecule has 0 spiro atoms. The fourth-order valence-electron chi connectivity index (χ4n) is 5.14. The lowest BCUT2D eigenvalue weighted by Gasteiger charge is -2.35. The lowest BCUT2D eigenvalue weighted by Crippen LogP contribution is -2.33. The van der Waals surface area contributed by atoms with Crippen molar-refractivity contribution >= 4 is 11.7 Å². The first-order chi connectivity index (χ1) is 17.5. The molecule has 36 heavy (non-hydrogen) atoms. The smallest absolute Gasteiger partial charge is 0.226 e. The Hall–Kier alpha value is -4.21. The number of para-hydroxylation sites is 1. The Morgan fingerprint density at radius 1 is 0.889 bits per heavy atom. The molecule has 1 aromatic heterocycles. The summed E-state index contributed by atoms with van der Waals surface area (Å²) < 4.78 is 29.5. The van der Waals surface area contributed by atoms with E-state index in [4.69, 9.17) is 23.7 Å². The molecule has 0 saturated carbocycles. The minimum absolute atomic E-state index is 0.0125. The Balaban J connectivity index is 1.61. The van der Waals surface area contributed by atoms with Gasteiger partial charge in [0.1, 0.15) is 12.4 Å². The van der Waals surface area contributed by atoms with Crippen molar-refractivity contribution in [2.24, 2.45) is 0 Å². The van der Waals surface area contributed by atoms with Crippen molar-refractivity contribution in [1.82, 2.24) is 14.8 Å². The van der Waals surface area contributed by atoms with Gasteiger partial charge in [-0.1, -0.05) is 12.1 Å². The lowest BCUT2D eigenvalue weighted by molar-refractivity contribution is -0.116. The molecule has 2 aromatic carbocycles. The van der Waals surface area contributed by atoms with Crippen molar-refractivity contribution in [2.45, 2.75) is 24.8 Å². The van der Waals surface area contributed by atoms with Crippen LogP contribution in [0.4, 0.5) is 5.95 Å². The molecule has 2 atom stereocenters. The van der Waals surface area contributed by atoms with Crippen molar-refractivity contribution in [2.75, 3.05) is 40.9 Å². The van der Waals surface area contributed by atoms with Crippen LogP contribution in [0.2, 0.25) is 0 Å². The largest absolute Gasteiger partial charge is 0.493 e. The van der Waals surface area contributed by atoms with Crippen molar-refractivity contribution in [3.05, 3.63) is 59.1 Å². The fraction of sp³-hybridized carbons (Fsp3) is 0.346. The van der Waals surface area contributed by atoms with Gasteiger partial charge in [0.25, 0.3) is 0 Å². The standard InChI is InChI=1S/C26H28N4O6/c1-32-19-8-6-7-16(24(19)35-4)23-22-17(29-26-27-13-28-30(23)26)9-14(10-18(22)31)15-11-20(33-2)25(36-5)21(12-15)34-3/h6-8,11-14,23H,9-10H2,1-5H3,(H,27,28,29)/t14-,23+/m0/s1. The van der Waals surface area contributed by atoms with Gasteiger partial charge in [0.2, 0.25) is 11.7 Å². The van der Waals surface area contributed by atoms with Crippen LogP contribution in [-0.2, 0) is 4.79 Å². The number of nitrogens with zero attached hydrogens (tertiary/aromatic N) is 3. The van der Waals surface area contributed by atoms with E-state index in [1.54, 1.807) is 40.2 Å². The molecule has 10 nitrogen and oxygen atoms in total. The van der Waals surface area contributed by atoms with Crippen LogP contribution in [0.1, 0.15) is 35.9 Å². The maximum Gasteiger partial charge on any atom is 0.226 e.